The lowest BCUT2D eigenvalue weighted by molar-refractivity contribution is -0.122. The Bertz CT molecular complexity index is 3900. The molecule has 0 saturated carbocycles. The van der Waals surface area contributed by atoms with Crippen molar-refractivity contribution in [3.05, 3.63) is 178 Å². The van der Waals surface area contributed by atoms with Gasteiger partial charge in [0.05, 0.1) is 38.6 Å². The van der Waals surface area contributed by atoms with Crippen LogP contribution in [0.5, 0.6) is 0 Å². The first-order valence-electron chi connectivity index (χ1n) is 26.0. The Morgan fingerprint density at radius 2 is 1.41 bits per heavy atom. The number of aromatic amines is 1. The maximum Gasteiger partial charge on any atom is 0.264 e. The number of pyridine rings is 1. The summed E-state index contributed by atoms with van der Waals surface area (Å²) in [7, 11) is 1.52. The number of anilines is 2. The quantitative estimate of drug-likeness (QED) is 0.0892. The number of sulfonamides is 1. The molecule has 2 saturated heterocycles. The van der Waals surface area contributed by atoms with Gasteiger partial charge < -0.3 is 29.2 Å². The molecule has 8 heterocycles. The van der Waals surface area contributed by atoms with Gasteiger partial charge in [-0.15, -0.1) is 0 Å². The number of hydrogen-bond acceptors (Lipinski definition) is 9. The molecule has 0 bridgehead atoms. The summed E-state index contributed by atoms with van der Waals surface area (Å²) in [6.07, 6.45) is 9.59. The second-order valence-electron chi connectivity index (χ2n) is 20.4. The third-order valence-electron chi connectivity index (χ3n) is 15.5. The highest BCUT2D eigenvalue weighted by Gasteiger charge is 2.37. The molecule has 4 aliphatic rings. The van der Waals surface area contributed by atoms with Crippen molar-refractivity contribution < 1.29 is 27.6 Å². The molecule has 3 N–H and O–H groups in total. The lowest BCUT2D eigenvalue weighted by Gasteiger charge is -2.33. The van der Waals surface area contributed by atoms with Crippen LogP contribution in [0.2, 0.25) is 5.02 Å². The largest absolute Gasteiger partial charge is 0.358 e. The van der Waals surface area contributed by atoms with Gasteiger partial charge in [-0.2, -0.15) is 0 Å². The van der Waals surface area contributed by atoms with Crippen molar-refractivity contribution in [3.63, 3.8) is 0 Å². The van der Waals surface area contributed by atoms with E-state index in [-0.39, 0.29) is 28.5 Å². The van der Waals surface area contributed by atoms with E-state index in [1.807, 2.05) is 98.3 Å². The fraction of sp³-hybridized carbons (Fsp3) is 0.250. The molecule has 4 aliphatic heterocycles. The van der Waals surface area contributed by atoms with E-state index in [1.165, 1.54) is 19.2 Å². The van der Waals surface area contributed by atoms with Gasteiger partial charge in [0.2, 0.25) is 0 Å². The molecule has 398 valence electrons. The Morgan fingerprint density at radius 3 is 2.10 bits per heavy atom. The molecule has 4 aromatic carbocycles. The van der Waals surface area contributed by atoms with E-state index in [0.717, 1.165) is 99.8 Å². The van der Waals surface area contributed by atoms with Crippen LogP contribution in [0, 0.1) is 13.8 Å². The number of nitrogens with zero attached hydrogens (tertiary/aromatic N) is 7. The van der Waals surface area contributed by atoms with Crippen LogP contribution in [0.3, 0.4) is 0 Å². The second-order valence-corrected chi connectivity index (χ2v) is 22.8. The van der Waals surface area contributed by atoms with E-state index in [9.17, 15) is 27.6 Å². The summed E-state index contributed by atoms with van der Waals surface area (Å²) in [6.45, 7) is 9.47. The smallest absolute Gasteiger partial charge is 0.264 e. The van der Waals surface area contributed by atoms with E-state index in [4.69, 9.17) is 11.6 Å². The third kappa shape index (κ3) is 9.71. The molecule has 0 radical (unpaired) electrons. The van der Waals surface area contributed by atoms with Crippen LogP contribution in [0.25, 0.3) is 44.6 Å². The molecular weight excluding hydrogens is 1020 g/mol. The molecule has 8 aromatic rings. The zero-order valence-corrected chi connectivity index (χ0v) is 45.6. The van der Waals surface area contributed by atoms with Crippen LogP contribution in [0.1, 0.15) is 68.6 Å². The maximum atomic E-state index is 13.4. The first-order valence-corrected chi connectivity index (χ1v) is 27.8. The first kappa shape index (κ1) is 52.0. The van der Waals surface area contributed by atoms with Gasteiger partial charge in [-0.05, 0) is 106 Å². The fourth-order valence-electron chi connectivity index (χ4n) is 11.3. The Balaban J connectivity index is 0.000000165. The normalized spacial score (nSPS) is 17.0. The molecule has 4 aromatic heterocycles. The van der Waals surface area contributed by atoms with Crippen molar-refractivity contribution in [1.29, 1.82) is 0 Å². The molecule has 18 heteroatoms. The number of carbonyl (C=O) groups is 4. The van der Waals surface area contributed by atoms with Gasteiger partial charge in [-0.25, -0.2) is 8.42 Å². The molecule has 0 atom stereocenters. The number of imide groups is 1. The lowest BCUT2D eigenvalue weighted by Crippen LogP contribution is -2.47. The standard InChI is InChI=1S/C32H29N5O2.C28H30ClN5O4S/c1-35-19-25(23-9-2-4-11-27(23)35)29-30(32(39)34-31(29)38)26-20-37(28-12-5-3-10-24(26)28)22-13-16-36(17-14-22)18-21-8-6-7-15-33-21;1-17-25(30-18(2)26(17)28(36)34-12-10-32(3)11-13-34)16-23-22-15-21(8-9-24(22)31-27(23)35)39(37,38)33(4)20-7-5-6-19(29)14-20/h2-12,15,19-20,22H,13-14,16-18H2,1H3,(H,34,38,39);5-9,14-16,30H,10-13H2,1-4H3,(H,31,35)/b;23-16-. The highest BCUT2D eigenvalue weighted by molar-refractivity contribution is 7.92. The zero-order valence-electron chi connectivity index (χ0n) is 44.0. The predicted octanol–water partition coefficient (Wildman–Crippen LogP) is 8.92. The van der Waals surface area contributed by atoms with Crippen molar-refractivity contribution in [2.45, 2.75) is 44.2 Å². The summed E-state index contributed by atoms with van der Waals surface area (Å²) in [5.74, 6) is -1.06. The summed E-state index contributed by atoms with van der Waals surface area (Å²) in [5, 5.41) is 7.77. The Morgan fingerprint density at radius 1 is 0.744 bits per heavy atom. The number of aromatic nitrogens is 4. The number of hydrogen-bond donors (Lipinski definition) is 3. The number of benzene rings is 4. The zero-order chi connectivity index (χ0) is 54.6. The van der Waals surface area contributed by atoms with Crippen molar-refractivity contribution >= 4 is 101 Å². The number of nitrogens with one attached hydrogen (secondary N) is 3. The minimum Gasteiger partial charge on any atom is -0.358 e. The molecule has 78 heavy (non-hydrogen) atoms. The number of likely N-dealkylation sites (tertiary alicyclic amines) is 1. The van der Waals surface area contributed by atoms with Gasteiger partial charge >= 0.3 is 0 Å². The first-order chi connectivity index (χ1) is 37.5. The van der Waals surface area contributed by atoms with Crippen LogP contribution < -0.4 is 14.9 Å². The molecule has 0 unspecified atom stereocenters. The van der Waals surface area contributed by atoms with Crippen molar-refractivity contribution in [2.24, 2.45) is 7.05 Å². The number of H-pyrrole nitrogens is 1. The van der Waals surface area contributed by atoms with E-state index in [0.29, 0.717) is 69.1 Å². The number of rotatable bonds is 10. The number of carbonyl (C=O) groups excluding carboxylic acids is 4. The maximum absolute atomic E-state index is 13.4. The van der Waals surface area contributed by atoms with Crippen LogP contribution in [-0.4, -0.2) is 119 Å². The number of amides is 4. The number of fused-ring (bicyclic) bond motifs is 3. The Labute approximate surface area is 457 Å². The van der Waals surface area contributed by atoms with Gasteiger partial charge in [0.1, 0.15) is 0 Å². The van der Waals surface area contributed by atoms with Gasteiger partial charge in [0.25, 0.3) is 33.7 Å². The number of piperazine rings is 1. The lowest BCUT2D eigenvalue weighted by atomic mass is 9.95. The van der Waals surface area contributed by atoms with E-state index < -0.39 is 10.0 Å². The molecule has 0 aliphatic carbocycles. The van der Waals surface area contributed by atoms with E-state index >= 15 is 0 Å². The molecule has 16 nitrogen and oxygen atoms in total. The van der Waals surface area contributed by atoms with Gasteiger partial charge in [0.15, 0.2) is 0 Å². The van der Waals surface area contributed by atoms with E-state index in [2.05, 4.69) is 59.4 Å². The molecule has 4 amide bonds. The van der Waals surface area contributed by atoms with Gasteiger partial charge in [-0.3, -0.25) is 38.7 Å². The van der Waals surface area contributed by atoms with E-state index in [1.54, 1.807) is 36.4 Å². The summed E-state index contributed by atoms with van der Waals surface area (Å²) in [4.78, 5) is 67.1. The Hall–Kier alpha value is -8.09. The summed E-state index contributed by atoms with van der Waals surface area (Å²) in [6, 6.07) is 33.7. The summed E-state index contributed by atoms with van der Waals surface area (Å²) >= 11 is 6.07. The number of likely N-dealkylation sites (N-methyl/N-ethyl adjacent to an activating group) is 1. The van der Waals surface area contributed by atoms with Crippen molar-refractivity contribution in [1.82, 2.24) is 39.1 Å². The number of halogens is 1. The number of aryl methyl sites for hydroxylation is 2. The predicted molar refractivity (Wildman–Crippen MR) is 306 cm³/mol. The minimum absolute atomic E-state index is 0.0345. The highest BCUT2D eigenvalue weighted by atomic mass is 35.5. The number of piperidine rings is 1. The van der Waals surface area contributed by atoms with Crippen LogP contribution in [-0.2, 0) is 38.0 Å². The average Bonchev–Trinajstić information content (AvgIpc) is 4.35. The van der Waals surface area contributed by atoms with Crippen molar-refractivity contribution in [2.75, 3.05) is 63.0 Å². The minimum atomic E-state index is -3.94. The number of para-hydroxylation sites is 2. The fourth-order valence-corrected chi connectivity index (χ4v) is 12.7. The SMILES string of the molecule is Cc1[nH]c(/C=C2\C(=O)Nc3ccc(S(=O)(=O)N(C)c4cccc(Cl)c4)cc32)c(C)c1C(=O)N1CCN(C)CC1.Cn1cc(C2=C(c3cn(C4CCN(Cc5ccccn5)CC4)c4ccccc34)C(=O)NC2=O)c2ccccc21. The van der Waals surface area contributed by atoms with Gasteiger partial charge in [0, 0.05) is 145 Å². The van der Waals surface area contributed by atoms with Crippen LogP contribution in [0.15, 0.2) is 133 Å². The average molecular weight is 1080 g/mol. The Kier molecular flexibility index (Phi) is 14.0. The molecule has 2 fully saturated rings. The van der Waals surface area contributed by atoms with Crippen molar-refractivity contribution in [3.8, 4) is 0 Å². The second kappa shape index (κ2) is 21.0. The van der Waals surface area contributed by atoms with Gasteiger partial charge in [-0.1, -0.05) is 60.1 Å². The topological polar surface area (TPSA) is 178 Å². The van der Waals surface area contributed by atoms with Crippen LogP contribution >= 0.6 is 11.6 Å². The monoisotopic (exact) mass is 1080 g/mol. The van der Waals surface area contributed by atoms with Crippen LogP contribution in [0.4, 0.5) is 11.4 Å². The highest BCUT2D eigenvalue weighted by Crippen LogP contribution is 2.41. The molecule has 0 spiro atoms. The summed E-state index contributed by atoms with van der Waals surface area (Å²) in [5.41, 5.74) is 10.1. The third-order valence-corrected chi connectivity index (χ3v) is 17.6. The molecular formula is C60H59ClN10O6S. The molecule has 12 rings (SSSR count). The summed E-state index contributed by atoms with van der Waals surface area (Å²) < 4.78 is 32.4.